The lowest BCUT2D eigenvalue weighted by molar-refractivity contribution is -0.121. The number of fused-ring (bicyclic) bond motifs is 1. The van der Waals surface area contributed by atoms with Gasteiger partial charge in [-0.1, -0.05) is 13.8 Å². The standard InChI is InChI=1S/C23H31N7O2/c1-17(2)14-21(31)24-8-9-30-23-20(15-27-30)22(25-16-26-23)29-12-10-28(11-13-29)18-4-6-19(32-3)7-5-18/h4-7,15-17H,8-14H2,1-3H3,(H,24,31). The van der Waals surface area contributed by atoms with Crippen LogP contribution in [0.25, 0.3) is 11.0 Å². The molecule has 0 saturated carbocycles. The van der Waals surface area contributed by atoms with Gasteiger partial charge in [0.25, 0.3) is 0 Å². The molecule has 32 heavy (non-hydrogen) atoms. The van der Waals surface area contributed by atoms with Gasteiger partial charge in [0.2, 0.25) is 5.91 Å². The maximum atomic E-state index is 11.9. The first-order valence-electron chi connectivity index (χ1n) is 11.1. The zero-order chi connectivity index (χ0) is 22.5. The van der Waals surface area contributed by atoms with E-state index in [2.05, 4.69) is 42.3 Å². The second-order valence-corrected chi connectivity index (χ2v) is 8.42. The molecule has 0 bridgehead atoms. The van der Waals surface area contributed by atoms with Crippen LogP contribution in [0.4, 0.5) is 11.5 Å². The fourth-order valence-electron chi connectivity index (χ4n) is 4.01. The molecule has 1 N–H and O–H groups in total. The van der Waals surface area contributed by atoms with Crippen molar-refractivity contribution in [2.45, 2.75) is 26.8 Å². The van der Waals surface area contributed by atoms with E-state index in [9.17, 15) is 4.79 Å². The van der Waals surface area contributed by atoms with Crippen molar-refractivity contribution in [3.63, 3.8) is 0 Å². The summed E-state index contributed by atoms with van der Waals surface area (Å²) in [7, 11) is 1.68. The van der Waals surface area contributed by atoms with Gasteiger partial charge in [0.1, 0.15) is 17.9 Å². The topological polar surface area (TPSA) is 88.4 Å². The molecular formula is C23H31N7O2. The minimum Gasteiger partial charge on any atom is -0.497 e. The number of methoxy groups -OCH3 is 1. The number of carbonyl (C=O) groups excluding carboxylic acids is 1. The van der Waals surface area contributed by atoms with Crippen LogP contribution in [-0.2, 0) is 11.3 Å². The van der Waals surface area contributed by atoms with E-state index < -0.39 is 0 Å². The molecule has 3 heterocycles. The number of ether oxygens (including phenoxy) is 1. The number of amides is 1. The molecule has 1 aliphatic rings. The fourth-order valence-corrected chi connectivity index (χ4v) is 4.01. The van der Waals surface area contributed by atoms with Crippen molar-refractivity contribution in [2.24, 2.45) is 5.92 Å². The van der Waals surface area contributed by atoms with Crippen LogP contribution in [0.2, 0.25) is 0 Å². The highest BCUT2D eigenvalue weighted by Gasteiger charge is 2.21. The Kier molecular flexibility index (Phi) is 6.72. The first-order valence-corrected chi connectivity index (χ1v) is 11.1. The third kappa shape index (κ3) is 4.92. The lowest BCUT2D eigenvalue weighted by Crippen LogP contribution is -2.46. The van der Waals surface area contributed by atoms with Gasteiger partial charge >= 0.3 is 0 Å². The number of aromatic nitrogens is 4. The highest BCUT2D eigenvalue weighted by Crippen LogP contribution is 2.26. The summed E-state index contributed by atoms with van der Waals surface area (Å²) in [5.41, 5.74) is 2.00. The van der Waals surface area contributed by atoms with Crippen LogP contribution in [-0.4, -0.2) is 65.5 Å². The Morgan fingerprint density at radius 1 is 1.09 bits per heavy atom. The summed E-state index contributed by atoms with van der Waals surface area (Å²) in [6.45, 7) is 8.74. The second kappa shape index (κ2) is 9.84. The smallest absolute Gasteiger partial charge is 0.220 e. The maximum Gasteiger partial charge on any atom is 0.220 e. The minimum absolute atomic E-state index is 0.0708. The molecule has 0 radical (unpaired) electrons. The van der Waals surface area contributed by atoms with Crippen molar-refractivity contribution in [3.8, 4) is 5.75 Å². The van der Waals surface area contributed by atoms with Crippen LogP contribution in [0.15, 0.2) is 36.8 Å². The van der Waals surface area contributed by atoms with Crippen LogP contribution in [0.1, 0.15) is 20.3 Å². The molecule has 1 amide bonds. The monoisotopic (exact) mass is 437 g/mol. The third-order valence-corrected chi connectivity index (χ3v) is 5.67. The van der Waals surface area contributed by atoms with Crippen molar-refractivity contribution in [2.75, 3.05) is 49.6 Å². The highest BCUT2D eigenvalue weighted by molar-refractivity contribution is 5.86. The Labute approximate surface area is 188 Å². The van der Waals surface area contributed by atoms with Gasteiger partial charge in [-0.25, -0.2) is 14.6 Å². The van der Waals surface area contributed by atoms with E-state index in [-0.39, 0.29) is 5.91 Å². The molecule has 3 aromatic rings. The van der Waals surface area contributed by atoms with E-state index in [0.717, 1.165) is 48.8 Å². The molecule has 4 rings (SSSR count). The number of nitrogens with zero attached hydrogens (tertiary/aromatic N) is 6. The van der Waals surface area contributed by atoms with Crippen molar-refractivity contribution in [3.05, 3.63) is 36.8 Å². The molecule has 1 fully saturated rings. The Morgan fingerprint density at radius 2 is 1.81 bits per heavy atom. The van der Waals surface area contributed by atoms with E-state index in [4.69, 9.17) is 4.74 Å². The van der Waals surface area contributed by atoms with Crippen LogP contribution in [0.5, 0.6) is 5.75 Å². The molecule has 1 aromatic carbocycles. The van der Waals surface area contributed by atoms with Gasteiger partial charge in [-0.15, -0.1) is 0 Å². The average Bonchev–Trinajstić information content (AvgIpc) is 3.22. The second-order valence-electron chi connectivity index (χ2n) is 8.42. The largest absolute Gasteiger partial charge is 0.497 e. The summed E-state index contributed by atoms with van der Waals surface area (Å²) in [6, 6.07) is 8.19. The lowest BCUT2D eigenvalue weighted by atomic mass is 10.1. The van der Waals surface area contributed by atoms with E-state index >= 15 is 0 Å². The highest BCUT2D eigenvalue weighted by atomic mass is 16.5. The van der Waals surface area contributed by atoms with Crippen LogP contribution in [0, 0.1) is 5.92 Å². The molecule has 0 aliphatic carbocycles. The fraction of sp³-hybridized carbons (Fsp3) is 0.478. The summed E-state index contributed by atoms with van der Waals surface area (Å²) in [5.74, 6) is 2.20. The van der Waals surface area contributed by atoms with Crippen molar-refractivity contribution in [1.29, 1.82) is 0 Å². The summed E-state index contributed by atoms with van der Waals surface area (Å²) >= 11 is 0. The van der Waals surface area contributed by atoms with Crippen LogP contribution in [0.3, 0.4) is 0 Å². The zero-order valence-electron chi connectivity index (χ0n) is 19.0. The van der Waals surface area contributed by atoms with Gasteiger partial charge in [0.05, 0.1) is 25.2 Å². The molecule has 170 valence electrons. The average molecular weight is 438 g/mol. The Balaban J connectivity index is 1.39. The van der Waals surface area contributed by atoms with Gasteiger partial charge in [-0.05, 0) is 30.2 Å². The zero-order valence-corrected chi connectivity index (χ0v) is 19.0. The summed E-state index contributed by atoms with van der Waals surface area (Å²) < 4.78 is 7.09. The normalized spacial score (nSPS) is 14.2. The first kappa shape index (κ1) is 21.9. The van der Waals surface area contributed by atoms with Gasteiger partial charge in [-0.2, -0.15) is 5.10 Å². The summed E-state index contributed by atoms with van der Waals surface area (Å²) in [5, 5.41) is 8.40. The number of piperazine rings is 1. The number of nitrogens with one attached hydrogen (secondary N) is 1. The predicted octanol–water partition coefficient (Wildman–Crippen LogP) is 2.32. The number of benzene rings is 1. The van der Waals surface area contributed by atoms with E-state index in [0.29, 0.717) is 25.4 Å². The van der Waals surface area contributed by atoms with E-state index in [1.807, 2.05) is 36.9 Å². The maximum absolute atomic E-state index is 11.9. The Bertz CT molecular complexity index is 1040. The minimum atomic E-state index is 0.0708. The van der Waals surface area contributed by atoms with E-state index in [1.54, 1.807) is 13.4 Å². The van der Waals surface area contributed by atoms with E-state index in [1.165, 1.54) is 5.69 Å². The summed E-state index contributed by atoms with van der Waals surface area (Å²) in [4.78, 5) is 25.6. The molecule has 1 saturated heterocycles. The van der Waals surface area contributed by atoms with Gasteiger partial charge in [-0.3, -0.25) is 4.79 Å². The van der Waals surface area contributed by atoms with Gasteiger partial charge < -0.3 is 19.9 Å². The number of hydrogen-bond donors (Lipinski definition) is 1. The van der Waals surface area contributed by atoms with Gasteiger partial charge in [0, 0.05) is 44.8 Å². The molecule has 0 unspecified atom stereocenters. The molecule has 2 aromatic heterocycles. The number of carbonyl (C=O) groups is 1. The Hall–Kier alpha value is -3.36. The third-order valence-electron chi connectivity index (χ3n) is 5.67. The van der Waals surface area contributed by atoms with Crippen molar-refractivity contribution < 1.29 is 9.53 Å². The SMILES string of the molecule is COc1ccc(N2CCN(c3ncnc4c3cnn4CCNC(=O)CC(C)C)CC2)cc1. The number of rotatable bonds is 8. The molecule has 9 nitrogen and oxygen atoms in total. The first-order chi connectivity index (χ1) is 15.5. The Morgan fingerprint density at radius 3 is 2.50 bits per heavy atom. The van der Waals surface area contributed by atoms with Crippen molar-refractivity contribution >= 4 is 28.4 Å². The predicted molar refractivity (Wildman–Crippen MR) is 125 cm³/mol. The summed E-state index contributed by atoms with van der Waals surface area (Å²) in [6.07, 6.45) is 3.97. The molecule has 1 aliphatic heterocycles. The number of hydrogen-bond acceptors (Lipinski definition) is 7. The molecule has 0 atom stereocenters. The molecule has 0 spiro atoms. The quantitative estimate of drug-likeness (QED) is 0.579. The van der Waals surface area contributed by atoms with Crippen LogP contribution >= 0.6 is 0 Å². The van der Waals surface area contributed by atoms with Crippen LogP contribution < -0.4 is 19.9 Å². The molecular weight excluding hydrogens is 406 g/mol. The number of anilines is 2. The lowest BCUT2D eigenvalue weighted by Gasteiger charge is -2.36. The van der Waals surface area contributed by atoms with Gasteiger partial charge in [0.15, 0.2) is 5.65 Å². The molecule has 9 heteroatoms. The van der Waals surface area contributed by atoms with Crippen molar-refractivity contribution in [1.82, 2.24) is 25.1 Å².